The first-order valence-corrected chi connectivity index (χ1v) is 6.44. The molecule has 1 aliphatic heterocycles. The zero-order chi connectivity index (χ0) is 12.2. The Bertz CT molecular complexity index is 221. The van der Waals surface area contributed by atoms with Crippen molar-refractivity contribution < 1.29 is 0 Å². The van der Waals surface area contributed by atoms with Crippen LogP contribution in [-0.2, 0) is 0 Å². The van der Waals surface area contributed by atoms with Gasteiger partial charge in [-0.2, -0.15) is 0 Å². The smallest absolute Gasteiger partial charge is 0.0166 e. The molecule has 1 saturated heterocycles. The molecule has 1 heterocycles. The third-order valence-corrected chi connectivity index (χ3v) is 3.56. The summed E-state index contributed by atoms with van der Waals surface area (Å²) in [5.74, 6) is 0. The van der Waals surface area contributed by atoms with Crippen LogP contribution in [0.15, 0.2) is 12.7 Å². The zero-order valence-electron chi connectivity index (χ0n) is 11.5. The maximum absolute atomic E-state index is 3.87. The molecule has 1 N–H and O–H groups in total. The van der Waals surface area contributed by atoms with Crippen LogP contribution in [-0.4, -0.2) is 36.6 Å². The average Bonchev–Trinajstić information content (AvgIpc) is 2.16. The highest BCUT2D eigenvalue weighted by molar-refractivity contribution is 4.90. The Morgan fingerprint density at radius 2 is 2.12 bits per heavy atom. The minimum Gasteiger partial charge on any atom is -0.316 e. The lowest BCUT2D eigenvalue weighted by molar-refractivity contribution is 0.0743. The molecule has 94 valence electrons. The SMILES string of the molecule is C=CCN(CC1(C)CCCNC1)C(C)(C)C. The largest absolute Gasteiger partial charge is 0.316 e. The highest BCUT2D eigenvalue weighted by Crippen LogP contribution is 2.29. The van der Waals surface area contributed by atoms with Gasteiger partial charge in [0.25, 0.3) is 0 Å². The van der Waals surface area contributed by atoms with Crippen LogP contribution in [0.4, 0.5) is 0 Å². The average molecular weight is 224 g/mol. The second kappa shape index (κ2) is 5.33. The van der Waals surface area contributed by atoms with Crippen molar-refractivity contribution in [2.45, 2.75) is 46.1 Å². The summed E-state index contributed by atoms with van der Waals surface area (Å²) in [5, 5.41) is 3.52. The van der Waals surface area contributed by atoms with Gasteiger partial charge in [-0.15, -0.1) is 6.58 Å². The molecule has 2 heteroatoms. The fourth-order valence-electron chi connectivity index (χ4n) is 2.45. The molecular weight excluding hydrogens is 196 g/mol. The molecule has 1 atom stereocenters. The molecule has 1 rings (SSSR count). The van der Waals surface area contributed by atoms with Crippen LogP contribution < -0.4 is 5.32 Å². The maximum atomic E-state index is 3.87. The van der Waals surface area contributed by atoms with E-state index in [-0.39, 0.29) is 5.54 Å². The topological polar surface area (TPSA) is 15.3 Å². The van der Waals surface area contributed by atoms with Crippen molar-refractivity contribution in [2.24, 2.45) is 5.41 Å². The van der Waals surface area contributed by atoms with E-state index in [0.29, 0.717) is 5.41 Å². The van der Waals surface area contributed by atoms with Gasteiger partial charge in [0.15, 0.2) is 0 Å². The highest BCUT2D eigenvalue weighted by Gasteiger charge is 2.32. The fourth-order valence-corrected chi connectivity index (χ4v) is 2.45. The van der Waals surface area contributed by atoms with Crippen LogP contribution in [0.1, 0.15) is 40.5 Å². The van der Waals surface area contributed by atoms with E-state index in [9.17, 15) is 0 Å². The van der Waals surface area contributed by atoms with Gasteiger partial charge < -0.3 is 5.32 Å². The van der Waals surface area contributed by atoms with E-state index in [1.54, 1.807) is 0 Å². The van der Waals surface area contributed by atoms with E-state index in [4.69, 9.17) is 0 Å². The maximum Gasteiger partial charge on any atom is 0.0166 e. The van der Waals surface area contributed by atoms with Crippen molar-refractivity contribution >= 4 is 0 Å². The van der Waals surface area contributed by atoms with Gasteiger partial charge >= 0.3 is 0 Å². The van der Waals surface area contributed by atoms with Crippen LogP contribution in [0.3, 0.4) is 0 Å². The summed E-state index contributed by atoms with van der Waals surface area (Å²) in [7, 11) is 0. The highest BCUT2D eigenvalue weighted by atomic mass is 15.2. The summed E-state index contributed by atoms with van der Waals surface area (Å²) in [5.41, 5.74) is 0.656. The Kier molecular flexibility index (Phi) is 4.57. The molecule has 0 aliphatic carbocycles. The van der Waals surface area contributed by atoms with Crippen molar-refractivity contribution in [1.29, 1.82) is 0 Å². The summed E-state index contributed by atoms with van der Waals surface area (Å²) in [6.07, 6.45) is 4.66. The molecule has 0 radical (unpaired) electrons. The second-order valence-corrected chi connectivity index (χ2v) is 6.43. The lowest BCUT2D eigenvalue weighted by Gasteiger charge is -2.43. The Morgan fingerprint density at radius 1 is 1.44 bits per heavy atom. The predicted octanol–water partition coefficient (Wildman–Crippen LogP) is 2.66. The minimum atomic E-state index is 0.231. The van der Waals surface area contributed by atoms with Crippen LogP contribution >= 0.6 is 0 Å². The number of hydrogen-bond donors (Lipinski definition) is 1. The lowest BCUT2D eigenvalue weighted by atomic mass is 9.81. The van der Waals surface area contributed by atoms with Crippen molar-refractivity contribution in [3.8, 4) is 0 Å². The van der Waals surface area contributed by atoms with Crippen LogP contribution in [0.25, 0.3) is 0 Å². The van der Waals surface area contributed by atoms with E-state index in [2.05, 4.69) is 44.5 Å². The molecule has 0 spiro atoms. The number of rotatable bonds is 4. The Labute approximate surface area is 101 Å². The molecule has 0 aromatic carbocycles. The number of hydrogen-bond acceptors (Lipinski definition) is 2. The van der Waals surface area contributed by atoms with Gasteiger partial charge in [0.2, 0.25) is 0 Å². The molecule has 16 heavy (non-hydrogen) atoms. The first kappa shape index (κ1) is 13.7. The van der Waals surface area contributed by atoms with Gasteiger partial charge in [-0.05, 0) is 45.6 Å². The van der Waals surface area contributed by atoms with Crippen molar-refractivity contribution in [2.75, 3.05) is 26.2 Å². The summed E-state index contributed by atoms with van der Waals surface area (Å²) >= 11 is 0. The Morgan fingerprint density at radius 3 is 2.56 bits per heavy atom. The van der Waals surface area contributed by atoms with Crippen LogP contribution in [0, 0.1) is 5.41 Å². The Balaban J connectivity index is 2.62. The van der Waals surface area contributed by atoms with Gasteiger partial charge in [-0.25, -0.2) is 0 Å². The van der Waals surface area contributed by atoms with E-state index < -0.39 is 0 Å². The quantitative estimate of drug-likeness (QED) is 0.739. The number of nitrogens with one attached hydrogen (secondary N) is 1. The minimum absolute atomic E-state index is 0.231. The first-order chi connectivity index (χ1) is 7.37. The van der Waals surface area contributed by atoms with Crippen LogP contribution in [0.5, 0.6) is 0 Å². The normalized spacial score (nSPS) is 27.1. The molecule has 0 bridgehead atoms. The predicted molar refractivity (Wildman–Crippen MR) is 71.7 cm³/mol. The summed E-state index contributed by atoms with van der Waals surface area (Å²) in [4.78, 5) is 2.53. The molecule has 1 aliphatic rings. The standard InChI is InChI=1S/C14H28N2/c1-6-10-16(13(2,3)4)12-14(5)8-7-9-15-11-14/h6,15H,1,7-12H2,2-5H3. The molecule has 0 aromatic heterocycles. The van der Waals surface area contributed by atoms with E-state index >= 15 is 0 Å². The lowest BCUT2D eigenvalue weighted by Crippen LogP contribution is -2.51. The molecular formula is C14H28N2. The molecule has 0 aromatic rings. The van der Waals surface area contributed by atoms with Gasteiger partial charge in [-0.3, -0.25) is 4.90 Å². The molecule has 0 amide bonds. The molecule has 1 fully saturated rings. The van der Waals surface area contributed by atoms with E-state index in [1.807, 2.05) is 6.08 Å². The monoisotopic (exact) mass is 224 g/mol. The number of nitrogens with zero attached hydrogens (tertiary/aromatic N) is 1. The van der Waals surface area contributed by atoms with Gasteiger partial charge in [0.05, 0.1) is 0 Å². The third-order valence-electron chi connectivity index (χ3n) is 3.56. The summed E-state index contributed by atoms with van der Waals surface area (Å²) < 4.78 is 0. The molecule has 2 nitrogen and oxygen atoms in total. The fraction of sp³-hybridized carbons (Fsp3) is 0.857. The van der Waals surface area contributed by atoms with E-state index in [0.717, 1.165) is 19.6 Å². The van der Waals surface area contributed by atoms with Gasteiger partial charge in [0, 0.05) is 25.2 Å². The summed E-state index contributed by atoms with van der Waals surface area (Å²) in [6.45, 7) is 17.6. The van der Waals surface area contributed by atoms with Crippen molar-refractivity contribution in [3.63, 3.8) is 0 Å². The van der Waals surface area contributed by atoms with E-state index in [1.165, 1.54) is 19.4 Å². The van der Waals surface area contributed by atoms with Gasteiger partial charge in [0.1, 0.15) is 0 Å². The molecule has 1 unspecified atom stereocenters. The van der Waals surface area contributed by atoms with Gasteiger partial charge in [-0.1, -0.05) is 13.0 Å². The van der Waals surface area contributed by atoms with Crippen LogP contribution in [0.2, 0.25) is 0 Å². The first-order valence-electron chi connectivity index (χ1n) is 6.44. The third kappa shape index (κ3) is 3.91. The van der Waals surface area contributed by atoms with Crippen molar-refractivity contribution in [3.05, 3.63) is 12.7 Å². The Hall–Kier alpha value is -0.340. The zero-order valence-corrected chi connectivity index (χ0v) is 11.5. The molecule has 0 saturated carbocycles. The second-order valence-electron chi connectivity index (χ2n) is 6.43. The van der Waals surface area contributed by atoms with Crippen molar-refractivity contribution in [1.82, 2.24) is 10.2 Å². The summed E-state index contributed by atoms with van der Waals surface area (Å²) in [6, 6.07) is 0. The number of piperidine rings is 1.